The van der Waals surface area contributed by atoms with E-state index in [4.69, 9.17) is 20.8 Å². The molecular weight excluding hydrogens is 526 g/mol. The Morgan fingerprint density at radius 1 is 1.10 bits per heavy atom. The number of rotatable bonds is 6. The summed E-state index contributed by atoms with van der Waals surface area (Å²) in [6, 6.07) is 5.31. The number of aryl methyl sites for hydroxylation is 2. The van der Waals surface area contributed by atoms with Crippen molar-refractivity contribution in [2.45, 2.75) is 25.5 Å². The summed E-state index contributed by atoms with van der Waals surface area (Å²) in [4.78, 5) is 25.2. The van der Waals surface area contributed by atoms with Gasteiger partial charge in [-0.05, 0) is 37.5 Å². The minimum Gasteiger partial charge on any atom is -0.403 e. The summed E-state index contributed by atoms with van der Waals surface area (Å²) in [5, 5.41) is 23.5. The molecule has 1 amide bonds. The molecule has 0 spiro atoms. The van der Waals surface area contributed by atoms with Crippen molar-refractivity contribution in [3.8, 4) is 11.5 Å². The van der Waals surface area contributed by atoms with Crippen molar-refractivity contribution in [1.29, 1.82) is 0 Å². The topological polar surface area (TPSA) is 147 Å². The van der Waals surface area contributed by atoms with Crippen LogP contribution < -0.4 is 16.2 Å². The first-order chi connectivity index (χ1) is 18.9. The number of amides is 1. The molecule has 6 rings (SSSR count). The number of carbonyl (C=O) groups is 1. The van der Waals surface area contributed by atoms with Crippen molar-refractivity contribution in [2.24, 2.45) is 14.1 Å². The fourth-order valence-electron chi connectivity index (χ4n) is 4.49. The van der Waals surface area contributed by atoms with E-state index in [0.29, 0.717) is 28.4 Å². The Morgan fingerprint density at radius 3 is 2.74 bits per heavy atom. The normalized spacial score (nSPS) is 15.5. The molecule has 1 atom stereocenters. The van der Waals surface area contributed by atoms with Gasteiger partial charge in [0.2, 0.25) is 0 Å². The SMILES string of the molecule is Cn1cc(C(=O)Nc2cc(-c3nnc(Nc4ccc5c(cnn5C5CCCCO5)c4Cl)o3)cn(C)c2=O)cn1. The van der Waals surface area contributed by atoms with Gasteiger partial charge in [-0.1, -0.05) is 16.7 Å². The number of nitrogens with zero attached hydrogens (tertiary/aromatic N) is 7. The third-order valence-electron chi connectivity index (χ3n) is 6.46. The van der Waals surface area contributed by atoms with Crippen LogP contribution in [0, 0.1) is 0 Å². The number of nitrogens with one attached hydrogen (secondary N) is 2. The molecule has 0 aliphatic carbocycles. The monoisotopic (exact) mass is 549 g/mol. The Kier molecular flexibility index (Phi) is 6.37. The number of hydrogen-bond acceptors (Lipinski definition) is 9. The number of fused-ring (bicyclic) bond motifs is 1. The smallest absolute Gasteiger partial charge is 0.320 e. The maximum atomic E-state index is 12.6. The van der Waals surface area contributed by atoms with E-state index < -0.39 is 11.5 Å². The maximum absolute atomic E-state index is 12.6. The zero-order valence-electron chi connectivity index (χ0n) is 21.1. The molecule has 200 valence electrons. The van der Waals surface area contributed by atoms with E-state index in [0.717, 1.165) is 30.2 Å². The van der Waals surface area contributed by atoms with Gasteiger partial charge < -0.3 is 24.4 Å². The first-order valence-electron chi connectivity index (χ1n) is 12.3. The van der Waals surface area contributed by atoms with E-state index >= 15 is 0 Å². The van der Waals surface area contributed by atoms with Gasteiger partial charge >= 0.3 is 6.01 Å². The summed E-state index contributed by atoms with van der Waals surface area (Å²) < 4.78 is 16.4. The van der Waals surface area contributed by atoms with E-state index in [1.54, 1.807) is 32.7 Å². The van der Waals surface area contributed by atoms with Crippen LogP contribution >= 0.6 is 11.6 Å². The van der Waals surface area contributed by atoms with Gasteiger partial charge in [-0.15, -0.1) is 5.10 Å². The molecule has 4 aromatic heterocycles. The van der Waals surface area contributed by atoms with Gasteiger partial charge in [0.15, 0.2) is 6.23 Å². The molecule has 5 heterocycles. The third kappa shape index (κ3) is 4.77. The molecule has 0 radical (unpaired) electrons. The van der Waals surface area contributed by atoms with Crippen molar-refractivity contribution in [3.63, 3.8) is 0 Å². The molecule has 13 nitrogen and oxygen atoms in total. The van der Waals surface area contributed by atoms with Crippen LogP contribution in [0.2, 0.25) is 5.02 Å². The summed E-state index contributed by atoms with van der Waals surface area (Å²) in [6.07, 6.45) is 9.16. The number of pyridine rings is 1. The maximum Gasteiger partial charge on any atom is 0.320 e. The van der Waals surface area contributed by atoms with Gasteiger partial charge in [-0.2, -0.15) is 10.2 Å². The van der Waals surface area contributed by atoms with Crippen LogP contribution in [-0.4, -0.2) is 46.8 Å². The van der Waals surface area contributed by atoms with Crippen molar-refractivity contribution in [1.82, 2.24) is 34.3 Å². The third-order valence-corrected chi connectivity index (χ3v) is 6.86. The number of hydrogen-bond donors (Lipinski definition) is 2. The van der Waals surface area contributed by atoms with E-state index in [1.165, 1.54) is 21.5 Å². The van der Waals surface area contributed by atoms with Gasteiger partial charge in [0.05, 0.1) is 39.7 Å². The fourth-order valence-corrected chi connectivity index (χ4v) is 4.74. The number of benzene rings is 1. The molecule has 14 heteroatoms. The van der Waals surface area contributed by atoms with Crippen LogP contribution in [0.3, 0.4) is 0 Å². The fraction of sp³-hybridized carbons (Fsp3) is 0.280. The minimum atomic E-state index is -0.464. The summed E-state index contributed by atoms with van der Waals surface area (Å²) in [5.74, 6) is -0.321. The quantitative estimate of drug-likeness (QED) is 0.322. The van der Waals surface area contributed by atoms with Gasteiger partial charge in [0.25, 0.3) is 17.4 Å². The van der Waals surface area contributed by atoms with Crippen molar-refractivity contribution in [3.05, 3.63) is 63.9 Å². The van der Waals surface area contributed by atoms with Crippen LogP contribution in [0.1, 0.15) is 35.8 Å². The zero-order valence-corrected chi connectivity index (χ0v) is 21.8. The molecule has 39 heavy (non-hydrogen) atoms. The van der Waals surface area contributed by atoms with E-state index in [9.17, 15) is 9.59 Å². The lowest BCUT2D eigenvalue weighted by molar-refractivity contribution is -0.0366. The van der Waals surface area contributed by atoms with Gasteiger partial charge in [0.1, 0.15) is 5.69 Å². The molecule has 1 fully saturated rings. The van der Waals surface area contributed by atoms with Gasteiger partial charge in [-0.25, -0.2) is 4.68 Å². The summed E-state index contributed by atoms with van der Waals surface area (Å²) in [7, 11) is 3.26. The Hall–Kier alpha value is -4.49. The molecule has 1 aromatic carbocycles. The van der Waals surface area contributed by atoms with Crippen LogP contribution in [0.25, 0.3) is 22.4 Å². The van der Waals surface area contributed by atoms with Crippen LogP contribution in [0.4, 0.5) is 17.4 Å². The highest BCUT2D eigenvalue weighted by Gasteiger charge is 2.21. The lowest BCUT2D eigenvalue weighted by atomic mass is 10.2. The Labute approximate surface area is 226 Å². The number of aromatic nitrogens is 7. The molecule has 5 aromatic rings. The lowest BCUT2D eigenvalue weighted by Gasteiger charge is -2.23. The highest BCUT2D eigenvalue weighted by molar-refractivity contribution is 6.38. The molecule has 1 aliphatic rings. The Bertz CT molecular complexity index is 1750. The number of ether oxygens (including phenoxy) is 1. The Morgan fingerprint density at radius 2 is 1.97 bits per heavy atom. The second-order valence-corrected chi connectivity index (χ2v) is 9.60. The highest BCUT2D eigenvalue weighted by Crippen LogP contribution is 2.35. The van der Waals surface area contributed by atoms with E-state index in [1.807, 2.05) is 16.8 Å². The predicted molar refractivity (Wildman–Crippen MR) is 143 cm³/mol. The first-order valence-corrected chi connectivity index (χ1v) is 12.6. The second-order valence-electron chi connectivity index (χ2n) is 9.22. The molecule has 2 N–H and O–H groups in total. The van der Waals surface area contributed by atoms with Crippen LogP contribution in [-0.2, 0) is 18.8 Å². The standard InChI is InChI=1S/C25H24ClN9O4/c1-33-12-14(9-18(24(33)37)29-22(36)15-10-27-34(2)13-15)23-31-32-25(39-23)30-17-6-7-19-16(21(17)26)11-28-35(19)20-5-3-4-8-38-20/h6-7,9-13,20H,3-5,8H2,1-2H3,(H,29,36)(H,30,32). The zero-order chi connectivity index (χ0) is 27.1. The van der Waals surface area contributed by atoms with Crippen molar-refractivity contribution in [2.75, 3.05) is 17.2 Å². The van der Waals surface area contributed by atoms with Crippen molar-refractivity contribution >= 4 is 45.8 Å². The number of carbonyl (C=O) groups excluding carboxylic acids is 1. The van der Waals surface area contributed by atoms with Gasteiger partial charge in [0, 0.05) is 38.5 Å². The highest BCUT2D eigenvalue weighted by atomic mass is 35.5. The largest absolute Gasteiger partial charge is 0.403 e. The predicted octanol–water partition coefficient (Wildman–Crippen LogP) is 3.87. The van der Waals surface area contributed by atoms with E-state index in [2.05, 4.69) is 31.0 Å². The lowest BCUT2D eigenvalue weighted by Crippen LogP contribution is -2.24. The average Bonchev–Trinajstić information content (AvgIpc) is 3.69. The summed E-state index contributed by atoms with van der Waals surface area (Å²) in [5.41, 5.74) is 1.86. The van der Waals surface area contributed by atoms with Crippen molar-refractivity contribution < 1.29 is 13.9 Å². The molecule has 1 aliphatic heterocycles. The molecule has 0 bridgehead atoms. The minimum absolute atomic E-state index is 0.0593. The first kappa shape index (κ1) is 24.8. The Balaban J connectivity index is 1.24. The summed E-state index contributed by atoms with van der Waals surface area (Å²) >= 11 is 6.70. The second kappa shape index (κ2) is 10.0. The molecular formula is C25H24ClN9O4. The number of halogens is 1. The van der Waals surface area contributed by atoms with Crippen LogP contribution in [0.15, 0.2) is 52.2 Å². The molecule has 1 unspecified atom stereocenters. The number of anilines is 3. The summed E-state index contributed by atoms with van der Waals surface area (Å²) in [6.45, 7) is 0.715. The van der Waals surface area contributed by atoms with Gasteiger partial charge in [-0.3, -0.25) is 14.3 Å². The molecule has 1 saturated heterocycles. The van der Waals surface area contributed by atoms with Crippen LogP contribution in [0.5, 0.6) is 0 Å². The van der Waals surface area contributed by atoms with E-state index in [-0.39, 0.29) is 23.8 Å². The average molecular weight is 550 g/mol. The molecule has 0 saturated carbocycles.